The molecule has 0 saturated heterocycles. The minimum Gasteiger partial charge on any atom is -0.481 e. The molecule has 0 amide bonds. The van der Waals surface area contributed by atoms with Crippen LogP contribution in [0.1, 0.15) is 25.7 Å². The minimum absolute atomic E-state index is 0.0830. The van der Waals surface area contributed by atoms with Gasteiger partial charge in [-0.25, -0.2) is 0 Å². The van der Waals surface area contributed by atoms with E-state index < -0.39 is 11.9 Å². The van der Waals surface area contributed by atoms with Crippen LogP contribution in [-0.4, -0.2) is 22.2 Å². The highest BCUT2D eigenvalue weighted by atomic mass is 16.4. The number of unbranched alkanes of at least 4 members (excludes halogenated alkanes) is 2. The maximum atomic E-state index is 9.96. The number of carboxylic acids is 2. The van der Waals surface area contributed by atoms with E-state index >= 15 is 0 Å². The van der Waals surface area contributed by atoms with Crippen molar-refractivity contribution in [1.29, 1.82) is 0 Å². The lowest BCUT2D eigenvalue weighted by Gasteiger charge is -1.94. The van der Waals surface area contributed by atoms with Gasteiger partial charge in [-0.15, -0.1) is 0 Å². The molecule has 2 N–H and O–H groups in total. The van der Waals surface area contributed by atoms with Gasteiger partial charge in [0.05, 0.1) is 0 Å². The van der Waals surface area contributed by atoms with Crippen LogP contribution in [0.3, 0.4) is 0 Å². The summed E-state index contributed by atoms with van der Waals surface area (Å²) in [4.78, 5) is 19.9. The molecule has 11 heavy (non-hydrogen) atoms. The van der Waals surface area contributed by atoms with Crippen LogP contribution >= 0.6 is 0 Å². The van der Waals surface area contributed by atoms with Gasteiger partial charge in [0.15, 0.2) is 0 Å². The molecule has 0 unspecified atom stereocenters. The molecule has 0 aliphatic heterocycles. The van der Waals surface area contributed by atoms with Crippen LogP contribution in [-0.2, 0) is 9.59 Å². The molecule has 0 heterocycles. The standard InChI is InChI=1S/C7H11O4/c8-6(9)4-2-1-3-5-7(10)11/h1H,2-5H2,(H,8,9)(H,10,11). The van der Waals surface area contributed by atoms with E-state index in [0.29, 0.717) is 12.8 Å². The molecule has 0 atom stereocenters. The van der Waals surface area contributed by atoms with E-state index in [1.807, 2.05) is 0 Å². The molecule has 0 aliphatic carbocycles. The Balaban J connectivity index is 3.03. The summed E-state index contributed by atoms with van der Waals surface area (Å²) in [7, 11) is 0. The first-order chi connectivity index (χ1) is 5.13. The lowest BCUT2D eigenvalue weighted by atomic mass is 10.1. The molecule has 0 aromatic heterocycles. The Hall–Kier alpha value is -1.06. The van der Waals surface area contributed by atoms with Gasteiger partial charge in [-0.3, -0.25) is 9.59 Å². The van der Waals surface area contributed by atoms with Crippen molar-refractivity contribution in [2.24, 2.45) is 0 Å². The minimum atomic E-state index is -0.850. The van der Waals surface area contributed by atoms with Gasteiger partial charge in [0, 0.05) is 12.8 Å². The van der Waals surface area contributed by atoms with Gasteiger partial charge in [0.25, 0.3) is 0 Å². The highest BCUT2D eigenvalue weighted by Gasteiger charge is 1.98. The molecule has 0 aromatic carbocycles. The molecule has 0 saturated carbocycles. The van der Waals surface area contributed by atoms with E-state index in [0.717, 1.165) is 0 Å². The molecule has 0 bridgehead atoms. The second-order valence-electron chi connectivity index (χ2n) is 2.15. The number of rotatable bonds is 6. The molecule has 0 fully saturated rings. The second kappa shape index (κ2) is 5.70. The van der Waals surface area contributed by atoms with Crippen LogP contribution < -0.4 is 0 Å². The summed E-state index contributed by atoms with van der Waals surface area (Å²) < 4.78 is 0. The fourth-order valence-electron chi connectivity index (χ4n) is 0.595. The summed E-state index contributed by atoms with van der Waals surface area (Å²) in [6.07, 6.45) is 2.74. The van der Waals surface area contributed by atoms with Gasteiger partial charge in [-0.05, 0) is 19.3 Å². The molecule has 0 aliphatic rings. The van der Waals surface area contributed by atoms with Crippen molar-refractivity contribution in [1.82, 2.24) is 0 Å². The summed E-state index contributed by atoms with van der Waals surface area (Å²) in [5.41, 5.74) is 0. The first kappa shape index (κ1) is 9.94. The number of carbonyl (C=O) groups is 2. The number of hydrogen-bond donors (Lipinski definition) is 2. The van der Waals surface area contributed by atoms with E-state index in [1.165, 1.54) is 0 Å². The van der Waals surface area contributed by atoms with Crippen molar-refractivity contribution in [3.63, 3.8) is 0 Å². The van der Waals surface area contributed by atoms with E-state index in [4.69, 9.17) is 10.2 Å². The van der Waals surface area contributed by atoms with Gasteiger partial charge >= 0.3 is 11.9 Å². The summed E-state index contributed by atoms with van der Waals surface area (Å²) in [6, 6.07) is 0. The Morgan fingerprint density at radius 1 is 1.00 bits per heavy atom. The predicted octanol–water partition coefficient (Wildman–Crippen LogP) is 0.920. The Labute approximate surface area is 64.8 Å². The summed E-state index contributed by atoms with van der Waals surface area (Å²) in [6.45, 7) is 0. The molecule has 4 nitrogen and oxygen atoms in total. The van der Waals surface area contributed by atoms with Crippen LogP contribution in [0.2, 0.25) is 0 Å². The molecular weight excluding hydrogens is 148 g/mol. The molecular formula is C7H11O4. The maximum absolute atomic E-state index is 9.96. The average molecular weight is 159 g/mol. The fourth-order valence-corrected chi connectivity index (χ4v) is 0.595. The fraction of sp³-hybridized carbons (Fsp3) is 0.571. The third kappa shape index (κ3) is 8.94. The number of aliphatic carboxylic acids is 2. The normalized spacial score (nSPS) is 9.45. The van der Waals surface area contributed by atoms with E-state index in [9.17, 15) is 9.59 Å². The lowest BCUT2D eigenvalue weighted by Crippen LogP contribution is -1.96. The monoisotopic (exact) mass is 159 g/mol. The van der Waals surface area contributed by atoms with E-state index in [-0.39, 0.29) is 12.8 Å². The highest BCUT2D eigenvalue weighted by Crippen LogP contribution is 2.00. The van der Waals surface area contributed by atoms with Crippen molar-refractivity contribution in [3.8, 4) is 0 Å². The quantitative estimate of drug-likeness (QED) is 0.565. The van der Waals surface area contributed by atoms with Gasteiger partial charge in [-0.1, -0.05) is 0 Å². The van der Waals surface area contributed by atoms with Gasteiger partial charge in [-0.2, -0.15) is 0 Å². The smallest absolute Gasteiger partial charge is 0.303 e. The molecule has 0 spiro atoms. The van der Waals surface area contributed by atoms with Crippen LogP contribution in [0.4, 0.5) is 0 Å². The molecule has 0 aromatic rings. The third-order valence-corrected chi connectivity index (χ3v) is 1.12. The van der Waals surface area contributed by atoms with E-state index in [2.05, 4.69) is 0 Å². The van der Waals surface area contributed by atoms with Gasteiger partial charge in [0.2, 0.25) is 0 Å². The molecule has 4 heteroatoms. The molecule has 1 radical (unpaired) electrons. The number of hydrogen-bond acceptors (Lipinski definition) is 2. The lowest BCUT2D eigenvalue weighted by molar-refractivity contribution is -0.137. The Bertz CT molecular complexity index is 125. The van der Waals surface area contributed by atoms with Gasteiger partial charge in [0.1, 0.15) is 0 Å². The molecule has 0 rings (SSSR count). The summed E-state index contributed by atoms with van der Waals surface area (Å²) in [5.74, 6) is -1.70. The SMILES string of the molecule is O=C(O)CC[CH]CCC(=O)O. The first-order valence-electron chi connectivity index (χ1n) is 3.38. The van der Waals surface area contributed by atoms with Crippen molar-refractivity contribution >= 4 is 11.9 Å². The zero-order valence-electron chi connectivity index (χ0n) is 6.12. The van der Waals surface area contributed by atoms with Crippen LogP contribution in [0.5, 0.6) is 0 Å². The Kier molecular flexibility index (Phi) is 5.15. The Morgan fingerprint density at radius 3 is 1.64 bits per heavy atom. The van der Waals surface area contributed by atoms with Crippen LogP contribution in [0.15, 0.2) is 0 Å². The summed E-state index contributed by atoms with van der Waals surface area (Å²) in [5, 5.41) is 16.4. The van der Waals surface area contributed by atoms with Crippen LogP contribution in [0.25, 0.3) is 0 Å². The van der Waals surface area contributed by atoms with Crippen molar-refractivity contribution in [2.45, 2.75) is 25.7 Å². The largest absolute Gasteiger partial charge is 0.481 e. The predicted molar refractivity (Wildman–Crippen MR) is 38.0 cm³/mol. The summed E-state index contributed by atoms with van der Waals surface area (Å²) >= 11 is 0. The zero-order valence-corrected chi connectivity index (χ0v) is 6.12. The number of carboxylic acid groups (broad SMARTS) is 2. The van der Waals surface area contributed by atoms with Crippen LogP contribution in [0, 0.1) is 6.42 Å². The first-order valence-corrected chi connectivity index (χ1v) is 3.38. The third-order valence-electron chi connectivity index (χ3n) is 1.12. The van der Waals surface area contributed by atoms with E-state index in [1.54, 1.807) is 6.42 Å². The molecule has 63 valence electrons. The van der Waals surface area contributed by atoms with Crippen molar-refractivity contribution in [2.75, 3.05) is 0 Å². The second-order valence-corrected chi connectivity index (χ2v) is 2.15. The van der Waals surface area contributed by atoms with Gasteiger partial charge < -0.3 is 10.2 Å². The maximum Gasteiger partial charge on any atom is 0.303 e. The van der Waals surface area contributed by atoms with Crippen molar-refractivity contribution < 1.29 is 19.8 Å². The van der Waals surface area contributed by atoms with Crippen molar-refractivity contribution in [3.05, 3.63) is 6.42 Å². The zero-order chi connectivity index (χ0) is 8.69. The Morgan fingerprint density at radius 2 is 1.36 bits per heavy atom. The average Bonchev–Trinajstić information content (AvgIpc) is 1.85. The topological polar surface area (TPSA) is 74.6 Å². The highest BCUT2D eigenvalue weighted by molar-refractivity contribution is 5.67.